The number of hydrogen-bond acceptors (Lipinski definition) is 3. The van der Waals surface area contributed by atoms with Crippen LogP contribution in [-0.4, -0.2) is 16.7 Å². The topological polar surface area (TPSA) is 53.1 Å². The van der Waals surface area contributed by atoms with Crippen LogP contribution in [0.25, 0.3) is 22.4 Å². The molecule has 0 unspecified atom stereocenters. The Hall–Kier alpha value is -2.49. The van der Waals surface area contributed by atoms with E-state index in [1.807, 2.05) is 36.4 Å². The van der Waals surface area contributed by atoms with E-state index in [1.165, 1.54) is 0 Å². The van der Waals surface area contributed by atoms with Gasteiger partial charge in [0.15, 0.2) is 0 Å². The molecule has 0 atom stereocenters. The first-order valence-electron chi connectivity index (χ1n) is 7.02. The summed E-state index contributed by atoms with van der Waals surface area (Å²) >= 11 is 0. The Morgan fingerprint density at radius 1 is 1.10 bits per heavy atom. The second-order valence-corrected chi connectivity index (χ2v) is 5.34. The van der Waals surface area contributed by atoms with Gasteiger partial charge in [-0.2, -0.15) is 0 Å². The summed E-state index contributed by atoms with van der Waals surface area (Å²) in [5.41, 5.74) is 9.76. The smallest absolute Gasteiger partial charge is 0.141 e. The number of rotatable bonds is 3. The fourth-order valence-electron chi connectivity index (χ4n) is 2.61. The van der Waals surface area contributed by atoms with Crippen molar-refractivity contribution in [3.05, 3.63) is 42.5 Å². The van der Waals surface area contributed by atoms with E-state index in [9.17, 15) is 0 Å². The van der Waals surface area contributed by atoms with Crippen LogP contribution in [-0.2, 0) is 0 Å². The molecule has 1 heterocycles. The Labute approximate surface area is 124 Å². The van der Waals surface area contributed by atoms with Crippen LogP contribution in [0.5, 0.6) is 5.75 Å². The lowest BCUT2D eigenvalue weighted by atomic mass is 10.2. The van der Waals surface area contributed by atoms with Crippen molar-refractivity contribution >= 4 is 16.7 Å². The summed E-state index contributed by atoms with van der Waals surface area (Å²) in [5, 5.41) is 0. The number of benzene rings is 2. The number of methoxy groups -OCH3 is 1. The Kier molecular flexibility index (Phi) is 3.29. The summed E-state index contributed by atoms with van der Waals surface area (Å²) < 4.78 is 7.43. The second-order valence-electron chi connectivity index (χ2n) is 5.34. The van der Waals surface area contributed by atoms with Gasteiger partial charge in [0.25, 0.3) is 0 Å². The molecule has 2 N–H and O–H groups in total. The van der Waals surface area contributed by atoms with Crippen molar-refractivity contribution in [3.63, 3.8) is 0 Å². The zero-order valence-corrected chi connectivity index (χ0v) is 12.5. The summed E-state index contributed by atoms with van der Waals surface area (Å²) in [5.74, 6) is 1.77. The minimum Gasteiger partial charge on any atom is -0.497 e. The SMILES string of the molecule is COc1ccc(-c2nc3c(N)cccc3n2C(C)C)cc1. The number of para-hydroxylation sites is 1. The summed E-state index contributed by atoms with van der Waals surface area (Å²) in [4.78, 5) is 4.76. The molecule has 4 nitrogen and oxygen atoms in total. The monoisotopic (exact) mass is 281 g/mol. The van der Waals surface area contributed by atoms with Crippen LogP contribution in [0.3, 0.4) is 0 Å². The van der Waals surface area contributed by atoms with Gasteiger partial charge in [0.2, 0.25) is 0 Å². The zero-order valence-electron chi connectivity index (χ0n) is 12.5. The third-order valence-corrected chi connectivity index (χ3v) is 3.62. The second kappa shape index (κ2) is 5.13. The van der Waals surface area contributed by atoms with Crippen molar-refractivity contribution in [2.45, 2.75) is 19.9 Å². The van der Waals surface area contributed by atoms with Gasteiger partial charge >= 0.3 is 0 Å². The molecule has 0 bridgehead atoms. The molecule has 1 aromatic heterocycles. The minimum atomic E-state index is 0.300. The Morgan fingerprint density at radius 2 is 1.81 bits per heavy atom. The first kappa shape index (κ1) is 13.5. The maximum atomic E-state index is 6.07. The maximum absolute atomic E-state index is 6.07. The lowest BCUT2D eigenvalue weighted by molar-refractivity contribution is 0.415. The highest BCUT2D eigenvalue weighted by Crippen LogP contribution is 2.31. The van der Waals surface area contributed by atoms with Crippen LogP contribution in [0, 0.1) is 0 Å². The zero-order chi connectivity index (χ0) is 15.0. The highest BCUT2D eigenvalue weighted by Gasteiger charge is 2.16. The molecule has 4 heteroatoms. The molecule has 0 amide bonds. The summed E-state index contributed by atoms with van der Waals surface area (Å²) in [7, 11) is 1.67. The van der Waals surface area contributed by atoms with Gasteiger partial charge in [-0.1, -0.05) is 6.07 Å². The standard InChI is InChI=1S/C17H19N3O/c1-11(2)20-15-6-4-5-14(18)16(15)19-17(20)12-7-9-13(21-3)10-8-12/h4-11H,18H2,1-3H3. The summed E-state index contributed by atoms with van der Waals surface area (Å²) in [6.07, 6.45) is 0. The van der Waals surface area contributed by atoms with E-state index in [1.54, 1.807) is 7.11 Å². The number of anilines is 1. The molecule has 0 aliphatic rings. The third-order valence-electron chi connectivity index (χ3n) is 3.62. The minimum absolute atomic E-state index is 0.300. The molecule has 3 rings (SSSR count). The number of nitrogen functional groups attached to an aromatic ring is 1. The van der Waals surface area contributed by atoms with Crippen molar-refractivity contribution in [1.82, 2.24) is 9.55 Å². The van der Waals surface area contributed by atoms with Crippen LogP contribution < -0.4 is 10.5 Å². The van der Waals surface area contributed by atoms with Crippen LogP contribution in [0.15, 0.2) is 42.5 Å². The van der Waals surface area contributed by atoms with Crippen LogP contribution >= 0.6 is 0 Å². The molecule has 3 aromatic rings. The van der Waals surface area contributed by atoms with Crippen molar-refractivity contribution in [2.75, 3.05) is 12.8 Å². The van der Waals surface area contributed by atoms with E-state index in [0.717, 1.165) is 28.2 Å². The number of nitrogens with zero attached hydrogens (tertiary/aromatic N) is 2. The number of hydrogen-bond donors (Lipinski definition) is 1. The van der Waals surface area contributed by atoms with E-state index < -0.39 is 0 Å². The third kappa shape index (κ3) is 2.23. The molecule has 0 aliphatic heterocycles. The van der Waals surface area contributed by atoms with Gasteiger partial charge in [-0.3, -0.25) is 0 Å². The number of aromatic nitrogens is 2. The van der Waals surface area contributed by atoms with Gasteiger partial charge in [-0.25, -0.2) is 4.98 Å². The van der Waals surface area contributed by atoms with Gasteiger partial charge in [0.05, 0.1) is 18.3 Å². The molecular weight excluding hydrogens is 262 g/mol. The Bertz CT molecular complexity index is 773. The van der Waals surface area contributed by atoms with Crippen LogP contribution in [0.1, 0.15) is 19.9 Å². The largest absolute Gasteiger partial charge is 0.497 e. The average molecular weight is 281 g/mol. The molecule has 21 heavy (non-hydrogen) atoms. The molecule has 0 aliphatic carbocycles. The fraction of sp³-hybridized carbons (Fsp3) is 0.235. The lowest BCUT2D eigenvalue weighted by Gasteiger charge is -2.13. The van der Waals surface area contributed by atoms with Crippen LogP contribution in [0.4, 0.5) is 5.69 Å². The van der Waals surface area contributed by atoms with Gasteiger partial charge in [0, 0.05) is 11.6 Å². The molecule has 0 fully saturated rings. The Balaban J connectivity index is 2.25. The van der Waals surface area contributed by atoms with Crippen LogP contribution in [0.2, 0.25) is 0 Å². The predicted molar refractivity (Wildman–Crippen MR) is 86.5 cm³/mol. The quantitative estimate of drug-likeness (QED) is 0.741. The molecule has 108 valence electrons. The molecule has 0 radical (unpaired) electrons. The average Bonchev–Trinajstić information content (AvgIpc) is 2.88. The lowest BCUT2D eigenvalue weighted by Crippen LogP contribution is -2.03. The Morgan fingerprint density at radius 3 is 2.43 bits per heavy atom. The highest BCUT2D eigenvalue weighted by molar-refractivity contribution is 5.90. The van der Waals surface area contributed by atoms with Crippen molar-refractivity contribution < 1.29 is 4.74 Å². The number of nitrogens with two attached hydrogens (primary N) is 1. The first-order chi connectivity index (χ1) is 10.1. The number of fused-ring (bicyclic) bond motifs is 1. The molecule has 0 saturated carbocycles. The van der Waals surface area contributed by atoms with Crippen molar-refractivity contribution in [3.8, 4) is 17.1 Å². The first-order valence-corrected chi connectivity index (χ1v) is 7.02. The number of imidazole rings is 1. The highest BCUT2D eigenvalue weighted by atomic mass is 16.5. The predicted octanol–water partition coefficient (Wildman–Crippen LogP) is 3.88. The molecule has 2 aromatic carbocycles. The van der Waals surface area contributed by atoms with E-state index in [2.05, 4.69) is 24.5 Å². The fourth-order valence-corrected chi connectivity index (χ4v) is 2.61. The van der Waals surface area contributed by atoms with Gasteiger partial charge in [-0.15, -0.1) is 0 Å². The summed E-state index contributed by atoms with van der Waals surface area (Å²) in [6, 6.07) is 14.2. The van der Waals surface area contributed by atoms with Gasteiger partial charge < -0.3 is 15.0 Å². The van der Waals surface area contributed by atoms with Gasteiger partial charge in [0.1, 0.15) is 17.1 Å². The van der Waals surface area contributed by atoms with Gasteiger partial charge in [-0.05, 0) is 50.2 Å². The molecule has 0 saturated heterocycles. The maximum Gasteiger partial charge on any atom is 0.141 e. The number of ether oxygens (including phenoxy) is 1. The van der Waals surface area contributed by atoms with Crippen molar-refractivity contribution in [2.24, 2.45) is 0 Å². The van der Waals surface area contributed by atoms with E-state index in [4.69, 9.17) is 15.5 Å². The van der Waals surface area contributed by atoms with Crippen molar-refractivity contribution in [1.29, 1.82) is 0 Å². The van der Waals surface area contributed by atoms with E-state index >= 15 is 0 Å². The summed E-state index contributed by atoms with van der Waals surface area (Å²) in [6.45, 7) is 4.30. The normalized spacial score (nSPS) is 11.2. The molecular formula is C17H19N3O. The molecule has 0 spiro atoms. The van der Waals surface area contributed by atoms with E-state index in [-0.39, 0.29) is 0 Å². The van der Waals surface area contributed by atoms with E-state index in [0.29, 0.717) is 11.7 Å².